The van der Waals surface area contributed by atoms with E-state index in [2.05, 4.69) is 48.9 Å². The van der Waals surface area contributed by atoms with Crippen LogP contribution in [0.5, 0.6) is 23.4 Å². The normalized spacial score (nSPS) is 17.8. The van der Waals surface area contributed by atoms with Crippen LogP contribution < -0.4 is 35.5 Å². The quantitative estimate of drug-likeness (QED) is 0.0995. The number of nitrogens with zero attached hydrogens (tertiary/aromatic N) is 6. The molecule has 6 aliphatic heterocycles. The summed E-state index contributed by atoms with van der Waals surface area (Å²) in [6.07, 6.45) is 1.18. The van der Waals surface area contributed by atoms with Crippen molar-refractivity contribution in [1.29, 1.82) is 0 Å². The summed E-state index contributed by atoms with van der Waals surface area (Å²) in [6, 6.07) is 20.7. The van der Waals surface area contributed by atoms with Gasteiger partial charge in [-0.15, -0.1) is 0 Å². The number of aliphatic hydroxyl groups is 1. The molecule has 9 heterocycles. The zero-order valence-electron chi connectivity index (χ0n) is 46.5. The average molecular weight is 1250 g/mol. The Labute approximate surface area is 505 Å². The fourth-order valence-electron chi connectivity index (χ4n) is 9.99. The van der Waals surface area contributed by atoms with Gasteiger partial charge < -0.3 is 56.7 Å². The fraction of sp³-hybridized carbons (Fsp3) is 0.443. The molecule has 3 atom stereocenters. The standard InChI is InChI=1S/C21H22N2O5.C20H20N2O5.C18H17F3N2O7S.2CH4/c1-25-8-2-3-15-4-5-18-16(11-15)6-7-23-19(18)12-20(22-21(23)24)28-14-17-13-26-9-10-27-17;23-7-1-2-14-3-4-17-15(10-14)5-6-22-18(17)11-19(21-20(22)24)27-13-16-12-25-8-9-26-16;19-18(20,21)31(25,26)30-12-1-2-14-11(7-12)3-4-23-15(14)8-16(22-17(23)24)29-10-13-9-27-5-6-28-13;;/h4-5,11-12,17H,6-10,13-14H2,1H3;3-4,10-11,16,23H,5-9,12-13H2;1-2,7-8,13H,3-6,9-10H2;2*1H4/t17-;16-;13-;;/m000../s1. The summed E-state index contributed by atoms with van der Waals surface area (Å²) in [5.41, 5.74) is 2.43. The van der Waals surface area contributed by atoms with Crippen LogP contribution >= 0.6 is 0 Å². The van der Waals surface area contributed by atoms with E-state index < -0.39 is 27.1 Å². The van der Waals surface area contributed by atoms with Gasteiger partial charge in [-0.25, -0.2) is 14.4 Å². The van der Waals surface area contributed by atoms with Gasteiger partial charge in [-0.3, -0.25) is 13.7 Å². The van der Waals surface area contributed by atoms with E-state index in [9.17, 15) is 36.0 Å². The lowest BCUT2D eigenvalue weighted by Gasteiger charge is -2.24. The van der Waals surface area contributed by atoms with Gasteiger partial charge in [0.05, 0.1) is 76.5 Å². The highest BCUT2D eigenvalue weighted by Gasteiger charge is 2.48. The molecule has 6 aromatic rings. The third kappa shape index (κ3) is 16.4. The number of hydrogen-bond donors (Lipinski definition) is 1. The van der Waals surface area contributed by atoms with Gasteiger partial charge in [0, 0.05) is 72.8 Å². The van der Waals surface area contributed by atoms with Crippen LogP contribution in [0.1, 0.15) is 42.7 Å². The zero-order valence-corrected chi connectivity index (χ0v) is 47.3. The molecule has 0 unspecified atom stereocenters. The Morgan fingerprint density at radius 3 is 1.32 bits per heavy atom. The number of hydrogen-bond acceptors (Lipinski definition) is 20. The second-order valence-corrected chi connectivity index (χ2v) is 21.4. The van der Waals surface area contributed by atoms with Crippen molar-refractivity contribution in [3.05, 3.63) is 132 Å². The molecule has 0 saturated carbocycles. The highest BCUT2D eigenvalue weighted by atomic mass is 32.2. The van der Waals surface area contributed by atoms with Crippen molar-refractivity contribution in [3.63, 3.8) is 0 Å². The number of benzene rings is 3. The van der Waals surface area contributed by atoms with E-state index in [1.165, 1.54) is 22.8 Å². The van der Waals surface area contributed by atoms with E-state index in [0.717, 1.165) is 63.7 Å². The van der Waals surface area contributed by atoms with E-state index in [4.69, 9.17) is 52.5 Å². The second-order valence-electron chi connectivity index (χ2n) is 19.9. The van der Waals surface area contributed by atoms with Crippen LogP contribution in [0.15, 0.2) is 87.2 Å². The lowest BCUT2D eigenvalue weighted by molar-refractivity contribution is -0.102. The molecule has 0 spiro atoms. The Bertz CT molecular complexity index is 3850. The van der Waals surface area contributed by atoms with E-state index >= 15 is 0 Å². The molecule has 88 heavy (non-hydrogen) atoms. The van der Waals surface area contributed by atoms with Crippen LogP contribution in [0.3, 0.4) is 0 Å². The van der Waals surface area contributed by atoms with Gasteiger partial charge in [0.2, 0.25) is 17.6 Å². The molecule has 6 aliphatic rings. The van der Waals surface area contributed by atoms with E-state index in [-0.39, 0.29) is 82.5 Å². The van der Waals surface area contributed by atoms with Crippen LogP contribution in [0.2, 0.25) is 0 Å². The molecule has 3 saturated heterocycles. The number of halogens is 3. The highest BCUT2D eigenvalue weighted by molar-refractivity contribution is 7.88. The molecule has 3 fully saturated rings. The smallest absolute Gasteiger partial charge is 0.475 e. The Hall–Kier alpha value is -7.96. The van der Waals surface area contributed by atoms with Gasteiger partial charge in [-0.1, -0.05) is 50.7 Å². The maximum Gasteiger partial charge on any atom is 0.534 e. The first-order valence-corrected chi connectivity index (χ1v) is 28.8. The van der Waals surface area contributed by atoms with Crippen molar-refractivity contribution >= 4 is 10.1 Å². The average Bonchev–Trinajstić information content (AvgIpc) is 1.89. The van der Waals surface area contributed by atoms with Crippen molar-refractivity contribution in [3.8, 4) is 80.8 Å². The number of fused-ring (bicyclic) bond motifs is 9. The minimum atomic E-state index is -5.78. The molecule has 27 heteroatoms. The molecule has 470 valence electrons. The molecule has 0 amide bonds. The summed E-state index contributed by atoms with van der Waals surface area (Å²) in [5.74, 6) is 11.8. The number of aryl methyl sites for hydroxylation is 3. The summed E-state index contributed by atoms with van der Waals surface area (Å²) in [7, 11) is -4.15. The summed E-state index contributed by atoms with van der Waals surface area (Å²) in [5, 5.41) is 8.85. The number of methoxy groups -OCH3 is 1. The third-order valence-corrected chi connectivity index (χ3v) is 15.0. The molecule has 1 N–H and O–H groups in total. The van der Waals surface area contributed by atoms with Crippen LogP contribution in [0.25, 0.3) is 33.8 Å². The van der Waals surface area contributed by atoms with Crippen molar-refractivity contribution in [2.45, 2.75) is 77.6 Å². The third-order valence-electron chi connectivity index (χ3n) is 14.0. The molecule has 3 aromatic carbocycles. The Morgan fingerprint density at radius 2 is 0.955 bits per heavy atom. The number of alkyl halides is 3. The van der Waals surface area contributed by atoms with Gasteiger partial charge in [0.25, 0.3) is 0 Å². The van der Waals surface area contributed by atoms with Gasteiger partial charge in [0.1, 0.15) is 57.1 Å². The van der Waals surface area contributed by atoms with E-state index in [0.29, 0.717) is 115 Å². The Kier molecular flexibility index (Phi) is 22.7. The SMILES string of the molecule is C.C.COCC#Cc1ccc2c(c1)CCn1c-2cc(OC[C@@H]2COCCO2)nc1=O.O=c1nc(OC[C@@H]2COCCO2)cc2n1CCc1cc(C#CCO)ccc1-2.O=c1nc(OC[C@@H]2COCCO2)cc2n1CCc1cc(OS(=O)(=O)C(F)(F)F)ccc1-2. The van der Waals surface area contributed by atoms with Crippen LogP contribution in [0, 0.1) is 23.7 Å². The van der Waals surface area contributed by atoms with Crippen molar-refractivity contribution in [2.24, 2.45) is 0 Å². The predicted molar refractivity (Wildman–Crippen MR) is 313 cm³/mol. The lowest BCUT2D eigenvalue weighted by Crippen LogP contribution is -2.34. The topological polar surface area (TPSA) is 261 Å². The molecule has 0 radical (unpaired) electrons. The molecule has 3 aromatic heterocycles. The number of aromatic nitrogens is 6. The second kappa shape index (κ2) is 30.3. The summed E-state index contributed by atoms with van der Waals surface area (Å²) in [6.45, 7) is 6.87. The first-order valence-electron chi connectivity index (χ1n) is 27.4. The molecule has 12 rings (SSSR count). The zero-order chi connectivity index (χ0) is 60.2. The maximum absolute atomic E-state index is 12.6. The monoisotopic (exact) mass is 1240 g/mol. The first kappa shape index (κ1) is 66.0. The Morgan fingerprint density at radius 1 is 0.568 bits per heavy atom. The Balaban J connectivity index is 0.000000169. The van der Waals surface area contributed by atoms with Gasteiger partial charge in [-0.2, -0.15) is 36.5 Å². The fourth-order valence-corrected chi connectivity index (χ4v) is 10.4. The summed E-state index contributed by atoms with van der Waals surface area (Å²) < 4.78 is 124. The van der Waals surface area contributed by atoms with Gasteiger partial charge in [0.15, 0.2) is 0 Å². The minimum absolute atomic E-state index is 0. The predicted octanol–water partition coefficient (Wildman–Crippen LogP) is 4.62. The van der Waals surface area contributed by atoms with Crippen LogP contribution in [-0.2, 0) is 82.2 Å². The number of ether oxygens (including phenoxy) is 10. The molecule has 0 aliphatic carbocycles. The molecule has 23 nitrogen and oxygen atoms in total. The van der Waals surface area contributed by atoms with Crippen molar-refractivity contribution in [1.82, 2.24) is 28.7 Å². The molecular weight excluding hydrogens is 1180 g/mol. The molecule has 0 bridgehead atoms. The summed E-state index contributed by atoms with van der Waals surface area (Å²) >= 11 is 0. The largest absolute Gasteiger partial charge is 0.534 e. The maximum atomic E-state index is 12.6. The van der Waals surface area contributed by atoms with Crippen molar-refractivity contribution < 1.29 is 78.2 Å². The van der Waals surface area contributed by atoms with E-state index in [1.807, 2.05) is 36.4 Å². The lowest BCUT2D eigenvalue weighted by atomic mass is 9.95. The van der Waals surface area contributed by atoms with Crippen molar-refractivity contribution in [2.75, 3.05) is 99.6 Å². The highest BCUT2D eigenvalue weighted by Crippen LogP contribution is 2.36. The van der Waals surface area contributed by atoms with E-state index in [1.54, 1.807) is 22.3 Å². The molecular formula is C61H67F3N6O17S. The minimum Gasteiger partial charge on any atom is -0.475 e. The van der Waals surface area contributed by atoms with Gasteiger partial charge in [-0.05, 0) is 78.4 Å². The summed E-state index contributed by atoms with van der Waals surface area (Å²) in [4.78, 5) is 49.3. The first-order chi connectivity index (χ1) is 41.6. The van der Waals surface area contributed by atoms with Crippen LogP contribution in [-0.4, -0.2) is 166 Å². The van der Waals surface area contributed by atoms with Gasteiger partial charge >= 0.3 is 32.7 Å². The number of aliphatic hydroxyl groups excluding tert-OH is 1. The van der Waals surface area contributed by atoms with Crippen LogP contribution in [0.4, 0.5) is 13.2 Å². The number of rotatable bonds is 12.